The van der Waals surface area contributed by atoms with Crippen LogP contribution in [-0.4, -0.2) is 35.2 Å². The number of carboxylic acids is 1. The van der Waals surface area contributed by atoms with E-state index in [-0.39, 0.29) is 36.0 Å². The molecule has 0 radical (unpaired) electrons. The number of hydrogen-bond donors (Lipinski definition) is 1. The molecule has 0 aliphatic heterocycles. The summed E-state index contributed by atoms with van der Waals surface area (Å²) in [6, 6.07) is 2.44. The zero-order chi connectivity index (χ0) is 46.7. The summed E-state index contributed by atoms with van der Waals surface area (Å²) in [5.41, 5.74) is 1.29. The van der Waals surface area contributed by atoms with Crippen molar-refractivity contribution in [1.29, 1.82) is 5.26 Å². The molecule has 362 valence electrons. The van der Waals surface area contributed by atoms with Gasteiger partial charge >= 0.3 is 17.9 Å². The Kier molecular flexibility index (Phi) is 14.9. The molecule has 0 amide bonds. The maximum atomic E-state index is 12.4. The van der Waals surface area contributed by atoms with Gasteiger partial charge in [-0.1, -0.05) is 82.1 Å². The molecule has 64 heavy (non-hydrogen) atoms. The molecule has 8 aliphatic carbocycles. The van der Waals surface area contributed by atoms with E-state index >= 15 is 0 Å². The van der Waals surface area contributed by atoms with Crippen LogP contribution in [0.4, 0.5) is 0 Å². The van der Waals surface area contributed by atoms with Crippen LogP contribution in [0.15, 0.2) is 0 Å². The van der Waals surface area contributed by atoms with E-state index in [9.17, 15) is 24.8 Å². The van der Waals surface area contributed by atoms with Crippen LogP contribution in [0.2, 0.25) is 0 Å². The summed E-state index contributed by atoms with van der Waals surface area (Å²) < 4.78 is 12.6. The number of carbonyl (C=O) groups excluding carboxylic acids is 2. The third kappa shape index (κ3) is 8.55. The van der Waals surface area contributed by atoms with Crippen molar-refractivity contribution in [3.8, 4) is 6.07 Å². The van der Waals surface area contributed by atoms with Crippen molar-refractivity contribution in [2.45, 2.75) is 217 Å². The van der Waals surface area contributed by atoms with Crippen LogP contribution in [0.25, 0.3) is 0 Å². The maximum Gasteiger partial charge on any atom is 0.303 e. The highest BCUT2D eigenvalue weighted by Crippen LogP contribution is 2.72. The Morgan fingerprint density at radius 2 is 1.00 bits per heavy atom. The molecule has 8 rings (SSSR count). The quantitative estimate of drug-likeness (QED) is 0.217. The first-order valence-corrected chi connectivity index (χ1v) is 27.1. The van der Waals surface area contributed by atoms with E-state index in [1.165, 1.54) is 89.9 Å². The van der Waals surface area contributed by atoms with E-state index in [0.29, 0.717) is 106 Å². The van der Waals surface area contributed by atoms with Crippen LogP contribution in [0, 0.1) is 128 Å². The van der Waals surface area contributed by atoms with Gasteiger partial charge in [-0.25, -0.2) is 0 Å². The van der Waals surface area contributed by atoms with Gasteiger partial charge in [0.1, 0.15) is 12.2 Å². The molecule has 8 saturated carbocycles. The van der Waals surface area contributed by atoms with Gasteiger partial charge < -0.3 is 14.6 Å². The summed E-state index contributed by atoms with van der Waals surface area (Å²) in [6.07, 6.45) is 22.0. The molecule has 0 bridgehead atoms. The molecule has 0 spiro atoms. The minimum absolute atomic E-state index is 0.0542. The van der Waals surface area contributed by atoms with E-state index in [0.717, 1.165) is 31.1 Å². The lowest BCUT2D eigenvalue weighted by Crippen LogP contribution is -2.62. The van der Waals surface area contributed by atoms with Crippen molar-refractivity contribution >= 4 is 17.9 Å². The summed E-state index contributed by atoms with van der Waals surface area (Å²) in [5, 5.41) is 18.6. The van der Waals surface area contributed by atoms with Gasteiger partial charge in [-0.2, -0.15) is 5.26 Å². The standard InChI is InChI=1S/C29H48O4.C28H45NO2/c1-7-20-24-16-17(2)12-14-29(24,6)23-13-15-28(5)21(18(3)8-11-25(31)32)9-10-22(28)26(23)27(20)33-19(4)30;1-7-20-24-16-17(2)10-13-28(24,6)23-11-14-27(5)21(18(3)12-15-29)8-9-22(27)25(23)26(20)31-19(4)30/h17-18,20-24,26-27H,7-16H2,1-6H3,(H,31,32);17-18,20-26H,7-14,16H2,1-6H3/t17-,18-,20-,21-,22+,23+,24+,26+,27-,28-,29-;17-,18-,20-,21-,22+,23+,24+,25+,26-,27-,28-/m11/s1. The maximum absolute atomic E-state index is 12.4. The van der Waals surface area contributed by atoms with Crippen molar-refractivity contribution in [3.05, 3.63) is 0 Å². The third-order valence-electron chi connectivity index (χ3n) is 22.6. The first-order chi connectivity index (χ1) is 30.2. The molecule has 0 unspecified atom stereocenters. The van der Waals surface area contributed by atoms with Gasteiger partial charge in [0, 0.05) is 38.5 Å². The number of rotatable bonds is 10. The first-order valence-electron chi connectivity index (χ1n) is 27.1. The average Bonchev–Trinajstić information content (AvgIpc) is 3.78. The molecule has 7 nitrogen and oxygen atoms in total. The second-order valence-corrected chi connectivity index (χ2v) is 25.6. The third-order valence-corrected chi connectivity index (χ3v) is 22.6. The molecule has 0 heterocycles. The molecule has 1 N–H and O–H groups in total. The highest BCUT2D eigenvalue weighted by Gasteiger charge is 2.67. The Balaban J connectivity index is 0.000000192. The summed E-state index contributed by atoms with van der Waals surface area (Å²) in [5.74, 6) is 8.62. The predicted molar refractivity (Wildman–Crippen MR) is 254 cm³/mol. The summed E-state index contributed by atoms with van der Waals surface area (Å²) in [7, 11) is 0. The lowest BCUT2D eigenvalue weighted by molar-refractivity contribution is -0.214. The number of fused-ring (bicyclic) bond motifs is 10. The SMILES string of the molecule is CC[C@H]1[C@@H](OC(C)=O)[C@@H]2[C@H](CC[C@]3(C)[C@@H]([C@H](C)CC#N)CC[C@@H]23)[C@@]2(C)CC[C@@H](C)C[C@@H]12.CC[C@H]1[C@@H](OC(C)=O)[C@@H]2[C@H](CC[C@]3(C)[C@@H]([C@H](C)CCC(=O)O)CC[C@@H]23)[C@@]2(C)CC[C@@H](C)C[C@@H]12. The molecule has 8 aliphatic rings. The Hall–Kier alpha value is -2.10. The molecule has 0 aromatic heterocycles. The van der Waals surface area contributed by atoms with Gasteiger partial charge in [0.25, 0.3) is 0 Å². The van der Waals surface area contributed by atoms with Gasteiger partial charge in [0.15, 0.2) is 0 Å². The largest absolute Gasteiger partial charge is 0.481 e. The van der Waals surface area contributed by atoms with Gasteiger partial charge in [-0.15, -0.1) is 0 Å². The Labute approximate surface area is 390 Å². The fourth-order valence-electron chi connectivity index (χ4n) is 19.8. The topological polar surface area (TPSA) is 114 Å². The molecule has 0 saturated heterocycles. The number of carboxylic acid groups (broad SMARTS) is 1. The van der Waals surface area contributed by atoms with E-state index in [1.807, 2.05) is 0 Å². The normalized spacial score (nSPS) is 48.7. The van der Waals surface area contributed by atoms with Crippen LogP contribution in [0.5, 0.6) is 0 Å². The van der Waals surface area contributed by atoms with E-state index < -0.39 is 5.97 Å². The van der Waals surface area contributed by atoms with Gasteiger partial charge in [-0.05, 0) is 201 Å². The Bertz CT molecular complexity index is 1720. The summed E-state index contributed by atoms with van der Waals surface area (Å²) >= 11 is 0. The van der Waals surface area contributed by atoms with Crippen LogP contribution >= 0.6 is 0 Å². The average molecular weight is 888 g/mol. The lowest BCUT2D eigenvalue weighted by atomic mass is 9.41. The number of hydrogen-bond acceptors (Lipinski definition) is 6. The van der Waals surface area contributed by atoms with Crippen molar-refractivity contribution in [2.75, 3.05) is 0 Å². The second kappa shape index (κ2) is 19.1. The van der Waals surface area contributed by atoms with Gasteiger partial charge in [0.2, 0.25) is 0 Å². The van der Waals surface area contributed by atoms with Crippen molar-refractivity contribution < 1.29 is 29.0 Å². The number of carbonyl (C=O) groups is 3. The zero-order valence-corrected chi connectivity index (χ0v) is 42.8. The fourth-order valence-corrected chi connectivity index (χ4v) is 19.8. The minimum atomic E-state index is -0.677. The molecule has 0 aromatic rings. The zero-order valence-electron chi connectivity index (χ0n) is 42.8. The molecular weight excluding hydrogens is 795 g/mol. The Morgan fingerprint density at radius 3 is 1.38 bits per heavy atom. The van der Waals surface area contributed by atoms with Crippen LogP contribution in [-0.2, 0) is 23.9 Å². The lowest BCUT2D eigenvalue weighted by Gasteiger charge is -2.65. The summed E-state index contributed by atoms with van der Waals surface area (Å²) in [6.45, 7) is 27.5. The van der Waals surface area contributed by atoms with E-state index in [1.54, 1.807) is 13.8 Å². The van der Waals surface area contributed by atoms with E-state index in [4.69, 9.17) is 9.47 Å². The van der Waals surface area contributed by atoms with Gasteiger partial charge in [0.05, 0.1) is 6.07 Å². The highest BCUT2D eigenvalue weighted by atomic mass is 16.5. The number of aliphatic carboxylic acids is 1. The number of ether oxygens (including phenoxy) is 2. The number of nitriles is 1. The smallest absolute Gasteiger partial charge is 0.303 e. The monoisotopic (exact) mass is 888 g/mol. The van der Waals surface area contributed by atoms with Crippen molar-refractivity contribution in [3.63, 3.8) is 0 Å². The van der Waals surface area contributed by atoms with Gasteiger partial charge in [-0.3, -0.25) is 14.4 Å². The highest BCUT2D eigenvalue weighted by molar-refractivity contribution is 5.67. The van der Waals surface area contributed by atoms with Crippen molar-refractivity contribution in [1.82, 2.24) is 0 Å². The molecule has 7 heteroatoms. The molecular formula is C57H93NO6. The minimum Gasteiger partial charge on any atom is -0.481 e. The summed E-state index contributed by atoms with van der Waals surface area (Å²) in [4.78, 5) is 35.9. The molecule has 8 fully saturated rings. The number of esters is 2. The second-order valence-electron chi connectivity index (χ2n) is 25.6. The predicted octanol–water partition coefficient (Wildman–Crippen LogP) is 14.0. The molecule has 0 aromatic carbocycles. The molecule has 22 atom stereocenters. The van der Waals surface area contributed by atoms with Crippen LogP contribution < -0.4 is 0 Å². The Morgan fingerprint density at radius 1 is 0.609 bits per heavy atom. The van der Waals surface area contributed by atoms with Crippen LogP contribution in [0.3, 0.4) is 0 Å². The fraction of sp³-hybridized carbons (Fsp3) is 0.930. The number of nitrogens with zero attached hydrogens (tertiary/aromatic N) is 1. The van der Waals surface area contributed by atoms with E-state index in [2.05, 4.69) is 75.3 Å². The first kappa shape index (κ1) is 49.8. The van der Waals surface area contributed by atoms with Crippen LogP contribution in [0.1, 0.15) is 205 Å². The van der Waals surface area contributed by atoms with Crippen molar-refractivity contribution in [2.24, 2.45) is 116 Å².